The number of aromatic amines is 2. The van der Waals surface area contributed by atoms with E-state index in [0.717, 1.165) is 11.1 Å². The summed E-state index contributed by atoms with van der Waals surface area (Å²) in [4.78, 5) is 29.6. The number of alkyl halides is 3. The molecule has 0 bridgehead atoms. The molecule has 0 fully saturated rings. The van der Waals surface area contributed by atoms with Crippen LogP contribution in [0, 0.1) is 0 Å². The Kier molecular flexibility index (Phi) is 6.03. The molecule has 2 N–H and O–H groups in total. The van der Waals surface area contributed by atoms with Gasteiger partial charge in [0, 0.05) is 29.2 Å². The minimum Gasteiger partial charge on any atom is -0.405 e. The fraction of sp³-hybridized carbons (Fsp3) is 0.250. The quantitative estimate of drug-likeness (QED) is 0.590. The summed E-state index contributed by atoms with van der Waals surface area (Å²) >= 11 is 0. The molecule has 0 spiro atoms. The second-order valence-corrected chi connectivity index (χ2v) is 7.71. The standard InChI is InChI=1S/C24H21F3N2O3/c25-24(26,27)32-20-9-5-4-8-18(20)16-10-12-17(13-11-16)21-19(22(30)29-23(31)28-21)14-15-6-2-1-3-7-15/h1-10,17H,11-14H2,(H2,28,29,30,31). The predicted octanol–water partition coefficient (Wildman–Crippen LogP) is 4.90. The molecule has 8 heteroatoms. The van der Waals surface area contributed by atoms with Gasteiger partial charge in [0.05, 0.1) is 0 Å². The zero-order chi connectivity index (χ0) is 22.7. The van der Waals surface area contributed by atoms with Gasteiger partial charge in [-0.15, -0.1) is 13.2 Å². The van der Waals surface area contributed by atoms with Gasteiger partial charge in [-0.3, -0.25) is 9.78 Å². The predicted molar refractivity (Wildman–Crippen MR) is 115 cm³/mol. The second-order valence-electron chi connectivity index (χ2n) is 7.71. The van der Waals surface area contributed by atoms with Gasteiger partial charge in [-0.2, -0.15) is 0 Å². The lowest BCUT2D eigenvalue weighted by Gasteiger charge is -2.25. The normalized spacial score (nSPS) is 16.5. The van der Waals surface area contributed by atoms with Crippen molar-refractivity contribution >= 4 is 5.57 Å². The lowest BCUT2D eigenvalue weighted by atomic mass is 9.82. The SMILES string of the molecule is O=c1[nH]c(C2CC=C(c3ccccc3OC(F)(F)F)CC2)c(Cc2ccccc2)c(=O)[nH]1. The number of aromatic nitrogens is 2. The molecule has 1 heterocycles. The monoisotopic (exact) mass is 442 g/mol. The zero-order valence-electron chi connectivity index (χ0n) is 17.0. The fourth-order valence-electron chi connectivity index (χ4n) is 4.14. The van der Waals surface area contributed by atoms with Gasteiger partial charge >= 0.3 is 12.1 Å². The number of rotatable bonds is 5. The Morgan fingerprint density at radius 1 is 0.969 bits per heavy atom. The Morgan fingerprint density at radius 3 is 2.38 bits per heavy atom. The number of benzene rings is 2. The summed E-state index contributed by atoms with van der Waals surface area (Å²) in [6.45, 7) is 0. The Bertz CT molecular complexity index is 1240. The van der Waals surface area contributed by atoms with Gasteiger partial charge in [-0.05, 0) is 36.5 Å². The summed E-state index contributed by atoms with van der Waals surface area (Å²) < 4.78 is 42.5. The summed E-state index contributed by atoms with van der Waals surface area (Å²) in [5.74, 6) is -0.359. The Labute approximate surface area is 181 Å². The van der Waals surface area contributed by atoms with Crippen molar-refractivity contribution in [2.24, 2.45) is 0 Å². The van der Waals surface area contributed by atoms with Gasteiger partial charge in [0.2, 0.25) is 0 Å². The van der Waals surface area contributed by atoms with Crippen molar-refractivity contribution in [1.82, 2.24) is 9.97 Å². The zero-order valence-corrected chi connectivity index (χ0v) is 17.0. The first kappa shape index (κ1) is 21.7. The van der Waals surface area contributed by atoms with E-state index in [9.17, 15) is 22.8 Å². The van der Waals surface area contributed by atoms with Gasteiger partial charge in [0.25, 0.3) is 5.56 Å². The highest BCUT2D eigenvalue weighted by Gasteiger charge is 2.32. The van der Waals surface area contributed by atoms with Crippen LogP contribution in [0.1, 0.15) is 47.6 Å². The Balaban J connectivity index is 1.63. The molecule has 3 aromatic rings. The van der Waals surface area contributed by atoms with Crippen molar-refractivity contribution in [3.05, 3.63) is 104 Å². The first-order valence-electron chi connectivity index (χ1n) is 10.2. The Morgan fingerprint density at radius 2 is 1.69 bits per heavy atom. The van der Waals surface area contributed by atoms with Crippen LogP contribution in [-0.4, -0.2) is 16.3 Å². The molecule has 0 saturated heterocycles. The minimum absolute atomic E-state index is 0.122. The average Bonchev–Trinajstić information content (AvgIpc) is 2.76. The maximum Gasteiger partial charge on any atom is 0.573 e. The van der Waals surface area contributed by atoms with E-state index < -0.39 is 17.6 Å². The van der Waals surface area contributed by atoms with Crippen molar-refractivity contribution in [1.29, 1.82) is 0 Å². The molecular weight excluding hydrogens is 421 g/mol. The van der Waals surface area contributed by atoms with Gasteiger partial charge in [-0.1, -0.05) is 54.6 Å². The third-order valence-electron chi connectivity index (χ3n) is 5.58. The van der Waals surface area contributed by atoms with Crippen LogP contribution in [0.3, 0.4) is 0 Å². The van der Waals surface area contributed by atoms with Crippen LogP contribution in [0.25, 0.3) is 5.57 Å². The van der Waals surface area contributed by atoms with Gasteiger partial charge < -0.3 is 9.72 Å². The third kappa shape index (κ3) is 5.01. The number of nitrogens with one attached hydrogen (secondary N) is 2. The summed E-state index contributed by atoms with van der Waals surface area (Å²) in [5.41, 5.74) is 2.17. The van der Waals surface area contributed by atoms with Crippen LogP contribution >= 0.6 is 0 Å². The van der Waals surface area contributed by atoms with E-state index in [1.165, 1.54) is 12.1 Å². The fourth-order valence-corrected chi connectivity index (χ4v) is 4.14. The molecule has 2 aromatic carbocycles. The van der Waals surface area contributed by atoms with E-state index in [4.69, 9.17) is 0 Å². The highest BCUT2D eigenvalue weighted by molar-refractivity contribution is 5.71. The number of hydrogen-bond donors (Lipinski definition) is 2. The summed E-state index contributed by atoms with van der Waals surface area (Å²) in [7, 11) is 0. The number of ether oxygens (including phenoxy) is 1. The van der Waals surface area contributed by atoms with Gasteiger partial charge in [-0.25, -0.2) is 4.79 Å². The molecule has 0 aliphatic heterocycles. The highest BCUT2D eigenvalue weighted by Crippen LogP contribution is 2.39. The number of halogens is 3. The molecule has 1 unspecified atom stereocenters. The molecule has 0 radical (unpaired) electrons. The average molecular weight is 442 g/mol. The molecular formula is C24H21F3N2O3. The third-order valence-corrected chi connectivity index (χ3v) is 5.58. The molecule has 32 heavy (non-hydrogen) atoms. The van der Waals surface area contributed by atoms with Gasteiger partial charge in [0.15, 0.2) is 0 Å². The maximum atomic E-state index is 12.8. The van der Waals surface area contributed by atoms with Crippen molar-refractivity contribution in [3.8, 4) is 5.75 Å². The number of H-pyrrole nitrogens is 2. The highest BCUT2D eigenvalue weighted by atomic mass is 19.4. The summed E-state index contributed by atoms with van der Waals surface area (Å²) in [6, 6.07) is 15.5. The van der Waals surface area contributed by atoms with Crippen molar-refractivity contribution in [3.63, 3.8) is 0 Å². The molecule has 1 aliphatic rings. The van der Waals surface area contributed by atoms with Crippen molar-refractivity contribution < 1.29 is 17.9 Å². The molecule has 166 valence electrons. The largest absolute Gasteiger partial charge is 0.573 e. The van der Waals surface area contributed by atoms with E-state index in [1.807, 2.05) is 36.4 Å². The van der Waals surface area contributed by atoms with Gasteiger partial charge in [0.1, 0.15) is 5.75 Å². The van der Waals surface area contributed by atoms with Crippen LogP contribution < -0.4 is 16.0 Å². The molecule has 1 aliphatic carbocycles. The first-order chi connectivity index (χ1) is 15.3. The molecule has 0 amide bonds. The van der Waals surface area contributed by atoms with E-state index in [2.05, 4.69) is 14.7 Å². The van der Waals surface area contributed by atoms with E-state index >= 15 is 0 Å². The lowest BCUT2D eigenvalue weighted by molar-refractivity contribution is -0.274. The van der Waals surface area contributed by atoms with Crippen LogP contribution in [-0.2, 0) is 6.42 Å². The number of hydrogen-bond acceptors (Lipinski definition) is 3. The molecule has 5 nitrogen and oxygen atoms in total. The maximum absolute atomic E-state index is 12.8. The van der Waals surface area contributed by atoms with Crippen LogP contribution in [0.4, 0.5) is 13.2 Å². The van der Waals surface area contributed by atoms with Crippen molar-refractivity contribution in [2.75, 3.05) is 0 Å². The molecule has 0 saturated carbocycles. The van der Waals surface area contributed by atoms with E-state index in [1.54, 1.807) is 12.1 Å². The van der Waals surface area contributed by atoms with E-state index in [-0.39, 0.29) is 11.7 Å². The molecule has 1 aromatic heterocycles. The lowest BCUT2D eigenvalue weighted by Crippen LogP contribution is -2.30. The minimum atomic E-state index is -4.77. The van der Waals surface area contributed by atoms with Crippen LogP contribution in [0.15, 0.2) is 70.3 Å². The number of para-hydroxylation sites is 1. The molecule has 1 atom stereocenters. The molecule has 4 rings (SSSR count). The van der Waals surface area contributed by atoms with Crippen LogP contribution in [0.2, 0.25) is 0 Å². The first-order valence-corrected chi connectivity index (χ1v) is 10.2. The Hall–Kier alpha value is -3.55. The summed E-state index contributed by atoms with van der Waals surface area (Å²) in [6.07, 6.45) is -0.992. The topological polar surface area (TPSA) is 75.0 Å². The van der Waals surface area contributed by atoms with E-state index in [0.29, 0.717) is 42.5 Å². The smallest absolute Gasteiger partial charge is 0.405 e. The second kappa shape index (κ2) is 8.90. The number of allylic oxidation sites excluding steroid dienone is 2. The van der Waals surface area contributed by atoms with Crippen molar-refractivity contribution in [2.45, 2.75) is 38.0 Å². The summed E-state index contributed by atoms with van der Waals surface area (Å²) in [5, 5.41) is 0. The van der Waals surface area contributed by atoms with Crippen LogP contribution in [0.5, 0.6) is 5.75 Å².